The van der Waals surface area contributed by atoms with Crippen LogP contribution >= 0.6 is 23.5 Å². The van der Waals surface area contributed by atoms with E-state index < -0.39 is 0 Å². The smallest absolute Gasteiger partial charge is 0.239 e. The molecule has 0 spiro atoms. The van der Waals surface area contributed by atoms with Gasteiger partial charge in [0.25, 0.3) is 0 Å². The summed E-state index contributed by atoms with van der Waals surface area (Å²) in [5.41, 5.74) is 5.96. The van der Waals surface area contributed by atoms with Crippen LogP contribution in [0.1, 0.15) is 25.7 Å². The van der Waals surface area contributed by atoms with Gasteiger partial charge >= 0.3 is 0 Å². The largest absolute Gasteiger partial charge is 0.340 e. The Balaban J connectivity index is 2.48. The van der Waals surface area contributed by atoms with Gasteiger partial charge in [0, 0.05) is 18.3 Å². The van der Waals surface area contributed by atoms with Gasteiger partial charge < -0.3 is 10.6 Å². The molecule has 1 saturated heterocycles. The maximum absolute atomic E-state index is 12.2. The highest BCUT2D eigenvalue weighted by molar-refractivity contribution is 7.99. The summed E-state index contributed by atoms with van der Waals surface area (Å²) in [6, 6.07) is -0.303. The monoisotopic (exact) mass is 276 g/mol. The number of hydrogen-bond acceptors (Lipinski definition) is 4. The van der Waals surface area contributed by atoms with Gasteiger partial charge in [0.05, 0.1) is 6.04 Å². The molecule has 3 nitrogen and oxygen atoms in total. The molecule has 1 heterocycles. The van der Waals surface area contributed by atoms with Crippen molar-refractivity contribution in [3.05, 3.63) is 0 Å². The predicted molar refractivity (Wildman–Crippen MR) is 78.7 cm³/mol. The molecule has 1 aliphatic rings. The second-order valence-corrected chi connectivity index (χ2v) is 6.65. The zero-order chi connectivity index (χ0) is 12.7. The van der Waals surface area contributed by atoms with Gasteiger partial charge in [-0.05, 0) is 37.5 Å². The molecule has 2 N–H and O–H groups in total. The Morgan fingerprint density at radius 1 is 1.47 bits per heavy atom. The third-order valence-electron chi connectivity index (χ3n) is 3.22. The Labute approximate surface area is 113 Å². The van der Waals surface area contributed by atoms with E-state index in [0.29, 0.717) is 5.25 Å². The second kappa shape index (κ2) is 8.27. The van der Waals surface area contributed by atoms with E-state index in [4.69, 9.17) is 5.73 Å². The highest BCUT2D eigenvalue weighted by Gasteiger charge is 2.24. The maximum atomic E-state index is 12.2. The molecule has 0 radical (unpaired) electrons. The number of carbonyl (C=O) groups excluding carboxylic acids is 1. The van der Waals surface area contributed by atoms with Crippen molar-refractivity contribution in [1.29, 1.82) is 0 Å². The van der Waals surface area contributed by atoms with Crippen LogP contribution in [0.3, 0.4) is 0 Å². The Hall–Kier alpha value is 0.130. The van der Waals surface area contributed by atoms with Gasteiger partial charge in [-0.1, -0.05) is 6.42 Å². The summed E-state index contributed by atoms with van der Waals surface area (Å²) >= 11 is 3.62. The van der Waals surface area contributed by atoms with Gasteiger partial charge in [0.1, 0.15) is 0 Å². The lowest BCUT2D eigenvalue weighted by atomic mass is 10.2. The molecule has 2 atom stereocenters. The van der Waals surface area contributed by atoms with E-state index in [1.165, 1.54) is 12.8 Å². The SMILES string of the molecule is CSCC[C@H](N)C(=O)N1CCCCC(SC)C1. The minimum absolute atomic E-state index is 0.153. The molecule has 5 heteroatoms. The number of amides is 1. The fraction of sp³-hybridized carbons (Fsp3) is 0.917. The van der Waals surface area contributed by atoms with Crippen LogP contribution in [-0.4, -0.2) is 53.5 Å². The van der Waals surface area contributed by atoms with Crippen LogP contribution in [0.25, 0.3) is 0 Å². The van der Waals surface area contributed by atoms with Crippen LogP contribution < -0.4 is 5.73 Å². The Kier molecular flexibility index (Phi) is 7.39. The number of likely N-dealkylation sites (tertiary alicyclic amines) is 1. The fourth-order valence-corrected chi connectivity index (χ4v) is 3.32. The van der Waals surface area contributed by atoms with Crippen LogP contribution in [-0.2, 0) is 4.79 Å². The summed E-state index contributed by atoms with van der Waals surface area (Å²) in [6.07, 6.45) is 8.55. The number of hydrogen-bond donors (Lipinski definition) is 1. The van der Waals surface area contributed by atoms with E-state index in [1.807, 2.05) is 22.9 Å². The van der Waals surface area contributed by atoms with E-state index in [2.05, 4.69) is 6.26 Å². The van der Waals surface area contributed by atoms with Crippen LogP contribution in [0.4, 0.5) is 0 Å². The minimum Gasteiger partial charge on any atom is -0.340 e. The Morgan fingerprint density at radius 2 is 2.24 bits per heavy atom. The molecule has 1 aliphatic heterocycles. The average molecular weight is 276 g/mol. The summed E-state index contributed by atoms with van der Waals surface area (Å²) < 4.78 is 0. The zero-order valence-electron chi connectivity index (χ0n) is 10.9. The van der Waals surface area contributed by atoms with Crippen LogP contribution in [0.2, 0.25) is 0 Å². The summed E-state index contributed by atoms with van der Waals surface area (Å²) in [7, 11) is 0. The minimum atomic E-state index is -0.303. The number of nitrogens with zero attached hydrogens (tertiary/aromatic N) is 1. The van der Waals surface area contributed by atoms with E-state index >= 15 is 0 Å². The molecule has 1 unspecified atom stereocenters. The highest BCUT2D eigenvalue weighted by Crippen LogP contribution is 2.20. The molecule has 1 rings (SSSR count). The van der Waals surface area contributed by atoms with E-state index in [9.17, 15) is 4.79 Å². The molecule has 0 aromatic heterocycles. The van der Waals surface area contributed by atoms with E-state index in [-0.39, 0.29) is 11.9 Å². The topological polar surface area (TPSA) is 46.3 Å². The Bertz CT molecular complexity index is 239. The second-order valence-electron chi connectivity index (χ2n) is 4.53. The van der Waals surface area contributed by atoms with Gasteiger partial charge in [-0.15, -0.1) is 0 Å². The normalized spacial score (nSPS) is 23.2. The summed E-state index contributed by atoms with van der Waals surface area (Å²) in [4.78, 5) is 14.2. The van der Waals surface area contributed by atoms with Crippen molar-refractivity contribution in [2.24, 2.45) is 5.73 Å². The molecule has 0 aromatic rings. The van der Waals surface area contributed by atoms with Crippen molar-refractivity contribution in [3.63, 3.8) is 0 Å². The molecule has 0 aromatic carbocycles. The highest BCUT2D eigenvalue weighted by atomic mass is 32.2. The third-order valence-corrected chi connectivity index (χ3v) is 4.92. The average Bonchev–Trinajstić information content (AvgIpc) is 2.60. The van der Waals surface area contributed by atoms with Crippen molar-refractivity contribution < 1.29 is 4.79 Å². The first kappa shape index (κ1) is 15.2. The molecular weight excluding hydrogens is 252 g/mol. The predicted octanol–water partition coefficient (Wildman–Crippen LogP) is 1.81. The summed E-state index contributed by atoms with van der Waals surface area (Å²) in [6.45, 7) is 1.77. The van der Waals surface area contributed by atoms with Crippen molar-refractivity contribution in [1.82, 2.24) is 4.90 Å². The molecule has 0 saturated carbocycles. The summed E-state index contributed by atoms with van der Waals surface area (Å²) in [5.74, 6) is 1.12. The van der Waals surface area contributed by atoms with Crippen LogP contribution in [0, 0.1) is 0 Å². The standard InChI is InChI=1S/C12H24N2OS2/c1-16-8-6-11(13)12(15)14-7-4-3-5-10(9-14)17-2/h10-11H,3-9,13H2,1-2H3/t10?,11-/m0/s1. The summed E-state index contributed by atoms with van der Waals surface area (Å²) in [5, 5.41) is 0.592. The maximum Gasteiger partial charge on any atom is 0.239 e. The first-order valence-electron chi connectivity index (χ1n) is 6.25. The Morgan fingerprint density at radius 3 is 2.88 bits per heavy atom. The number of carbonyl (C=O) groups is 1. The number of thioether (sulfide) groups is 2. The molecule has 0 aliphatic carbocycles. The lowest BCUT2D eigenvalue weighted by molar-refractivity contribution is -0.132. The lowest BCUT2D eigenvalue weighted by Crippen LogP contribution is -2.46. The molecule has 0 bridgehead atoms. The molecule has 100 valence electrons. The number of nitrogens with two attached hydrogens (primary N) is 1. The van der Waals surface area contributed by atoms with E-state index in [0.717, 1.165) is 31.7 Å². The third kappa shape index (κ3) is 5.10. The van der Waals surface area contributed by atoms with Crippen molar-refractivity contribution in [2.45, 2.75) is 37.0 Å². The molecular formula is C12H24N2OS2. The fourth-order valence-electron chi connectivity index (χ4n) is 2.10. The quantitative estimate of drug-likeness (QED) is 0.832. The molecule has 1 amide bonds. The zero-order valence-corrected chi connectivity index (χ0v) is 12.5. The van der Waals surface area contributed by atoms with Crippen molar-refractivity contribution in [3.8, 4) is 0 Å². The van der Waals surface area contributed by atoms with Crippen LogP contribution in [0.15, 0.2) is 0 Å². The van der Waals surface area contributed by atoms with Gasteiger partial charge in [-0.2, -0.15) is 23.5 Å². The molecule has 1 fully saturated rings. The molecule has 17 heavy (non-hydrogen) atoms. The first-order valence-corrected chi connectivity index (χ1v) is 8.93. The van der Waals surface area contributed by atoms with Crippen LogP contribution in [0.5, 0.6) is 0 Å². The van der Waals surface area contributed by atoms with Crippen molar-refractivity contribution in [2.75, 3.05) is 31.4 Å². The van der Waals surface area contributed by atoms with Crippen molar-refractivity contribution >= 4 is 29.4 Å². The number of rotatable bonds is 5. The lowest BCUT2D eigenvalue weighted by Gasteiger charge is -2.26. The van der Waals surface area contributed by atoms with Gasteiger partial charge in [-0.3, -0.25) is 4.79 Å². The van der Waals surface area contributed by atoms with Gasteiger partial charge in [0.2, 0.25) is 5.91 Å². The van der Waals surface area contributed by atoms with E-state index in [1.54, 1.807) is 11.8 Å². The van der Waals surface area contributed by atoms with Gasteiger partial charge in [-0.25, -0.2) is 0 Å². The first-order chi connectivity index (χ1) is 8.19. The van der Waals surface area contributed by atoms with Gasteiger partial charge in [0.15, 0.2) is 0 Å².